The molecular weight excluding hydrogens is 314 g/mol. The first-order valence-electron chi connectivity index (χ1n) is 9.58. The van der Waals surface area contributed by atoms with Gasteiger partial charge in [0.15, 0.2) is 5.96 Å². The fourth-order valence-corrected chi connectivity index (χ4v) is 2.96. The maximum Gasteiger partial charge on any atom is 0.216 e. The van der Waals surface area contributed by atoms with E-state index in [0.29, 0.717) is 18.4 Å². The summed E-state index contributed by atoms with van der Waals surface area (Å²) in [6.07, 6.45) is 4.50. The normalized spacial score (nSPS) is 17.7. The second-order valence-electron chi connectivity index (χ2n) is 8.06. The van der Waals surface area contributed by atoms with E-state index >= 15 is 0 Å². The van der Waals surface area contributed by atoms with Gasteiger partial charge in [0.05, 0.1) is 6.20 Å². The van der Waals surface area contributed by atoms with Gasteiger partial charge in [0.25, 0.3) is 0 Å². The smallest absolute Gasteiger partial charge is 0.216 e. The fourth-order valence-electron chi connectivity index (χ4n) is 2.96. The molecule has 142 valence electrons. The Morgan fingerprint density at radius 3 is 2.64 bits per heavy atom. The Balaban J connectivity index is 1.83. The third-order valence-electron chi connectivity index (χ3n) is 4.40. The van der Waals surface area contributed by atoms with E-state index in [9.17, 15) is 0 Å². The molecule has 0 bridgehead atoms. The second kappa shape index (κ2) is 9.22. The number of hydrogen-bond donors (Lipinski definition) is 2. The molecule has 6 heteroatoms. The van der Waals surface area contributed by atoms with Crippen LogP contribution in [0.15, 0.2) is 15.6 Å². The Hall–Kier alpha value is -1.56. The highest BCUT2D eigenvalue weighted by Gasteiger charge is 2.19. The number of likely N-dealkylation sites (tertiary alicyclic amines) is 1. The highest BCUT2D eigenvalue weighted by atomic mass is 16.4. The molecule has 1 aliphatic heterocycles. The third kappa shape index (κ3) is 6.69. The summed E-state index contributed by atoms with van der Waals surface area (Å²) in [6, 6.07) is 0. The Bertz CT molecular complexity index is 540. The molecule has 1 aromatic rings. The predicted octanol–water partition coefficient (Wildman–Crippen LogP) is 2.76. The molecule has 0 aromatic carbocycles. The number of oxazole rings is 1. The summed E-state index contributed by atoms with van der Waals surface area (Å²) in [5.74, 6) is 2.98. The van der Waals surface area contributed by atoms with Crippen LogP contribution in [0.25, 0.3) is 0 Å². The monoisotopic (exact) mass is 349 g/mol. The minimum absolute atomic E-state index is 0.0251. The molecule has 0 saturated carbocycles. The van der Waals surface area contributed by atoms with E-state index in [1.54, 1.807) is 0 Å². The molecule has 2 heterocycles. The Kier molecular flexibility index (Phi) is 7.29. The Labute approximate surface area is 152 Å². The van der Waals surface area contributed by atoms with Crippen molar-refractivity contribution in [2.75, 3.05) is 32.7 Å². The largest absolute Gasteiger partial charge is 0.443 e. The highest BCUT2D eigenvalue weighted by Crippen LogP contribution is 2.22. The molecule has 1 fully saturated rings. The van der Waals surface area contributed by atoms with Gasteiger partial charge in [-0.2, -0.15) is 0 Å². The number of nitrogens with one attached hydrogen (secondary N) is 2. The summed E-state index contributed by atoms with van der Waals surface area (Å²) in [6.45, 7) is 16.6. The van der Waals surface area contributed by atoms with E-state index in [4.69, 9.17) is 4.42 Å². The quantitative estimate of drug-likeness (QED) is 0.585. The van der Waals surface area contributed by atoms with E-state index in [0.717, 1.165) is 31.4 Å². The zero-order chi connectivity index (χ0) is 18.3. The molecule has 1 atom stereocenters. The van der Waals surface area contributed by atoms with Crippen molar-refractivity contribution in [3.63, 3.8) is 0 Å². The number of guanidine groups is 1. The number of aliphatic imine (C=N–C) groups is 1. The highest BCUT2D eigenvalue weighted by molar-refractivity contribution is 5.79. The van der Waals surface area contributed by atoms with Crippen molar-refractivity contribution in [3.05, 3.63) is 17.8 Å². The molecule has 1 unspecified atom stereocenters. The third-order valence-corrected chi connectivity index (χ3v) is 4.40. The van der Waals surface area contributed by atoms with Gasteiger partial charge in [-0.1, -0.05) is 27.7 Å². The van der Waals surface area contributed by atoms with Crippen LogP contribution in [0, 0.1) is 5.92 Å². The Morgan fingerprint density at radius 2 is 2.04 bits per heavy atom. The summed E-state index contributed by atoms with van der Waals surface area (Å²) in [4.78, 5) is 11.5. The van der Waals surface area contributed by atoms with Gasteiger partial charge in [-0.3, -0.25) is 0 Å². The van der Waals surface area contributed by atoms with Crippen molar-refractivity contribution in [3.8, 4) is 0 Å². The van der Waals surface area contributed by atoms with Gasteiger partial charge >= 0.3 is 0 Å². The van der Waals surface area contributed by atoms with Crippen LogP contribution in [0.4, 0.5) is 0 Å². The first-order chi connectivity index (χ1) is 11.9. The van der Waals surface area contributed by atoms with Gasteiger partial charge in [0, 0.05) is 25.0 Å². The van der Waals surface area contributed by atoms with E-state index in [1.807, 2.05) is 6.20 Å². The summed E-state index contributed by atoms with van der Waals surface area (Å²) in [7, 11) is 0. The van der Waals surface area contributed by atoms with Gasteiger partial charge in [-0.25, -0.2) is 9.98 Å². The van der Waals surface area contributed by atoms with Crippen molar-refractivity contribution < 1.29 is 4.42 Å². The molecule has 0 aliphatic carbocycles. The van der Waals surface area contributed by atoms with E-state index in [2.05, 4.69) is 60.1 Å². The van der Waals surface area contributed by atoms with Crippen molar-refractivity contribution in [1.29, 1.82) is 0 Å². The van der Waals surface area contributed by atoms with Crippen LogP contribution in [-0.4, -0.2) is 48.6 Å². The standard InChI is InChI=1S/C19H35N5O/c1-6-20-18(22-11-15(2)14-24-9-7-8-10-24)23-13-17-21-12-16(25-17)19(3,4)5/h12,15H,6-11,13-14H2,1-5H3,(H2,20,22,23). The summed E-state index contributed by atoms with van der Waals surface area (Å²) < 4.78 is 5.81. The van der Waals surface area contributed by atoms with Gasteiger partial charge in [0.2, 0.25) is 5.89 Å². The predicted molar refractivity (Wildman–Crippen MR) is 103 cm³/mol. The van der Waals surface area contributed by atoms with Crippen molar-refractivity contribution in [1.82, 2.24) is 20.5 Å². The van der Waals surface area contributed by atoms with E-state index < -0.39 is 0 Å². The maximum atomic E-state index is 5.81. The molecule has 1 aliphatic rings. The zero-order valence-electron chi connectivity index (χ0n) is 16.6. The molecule has 0 radical (unpaired) electrons. The van der Waals surface area contributed by atoms with Crippen LogP contribution in [-0.2, 0) is 12.0 Å². The van der Waals surface area contributed by atoms with Crippen LogP contribution in [0.3, 0.4) is 0 Å². The molecular formula is C19H35N5O. The molecule has 2 rings (SSSR count). The SMILES string of the molecule is CCNC(=NCc1ncc(C(C)(C)C)o1)NCC(C)CN1CCCC1. The van der Waals surface area contributed by atoms with Crippen LogP contribution in [0.5, 0.6) is 0 Å². The zero-order valence-corrected chi connectivity index (χ0v) is 16.6. The lowest BCUT2D eigenvalue weighted by Crippen LogP contribution is -2.41. The van der Waals surface area contributed by atoms with Crippen molar-refractivity contribution in [2.45, 2.75) is 59.4 Å². The van der Waals surface area contributed by atoms with Gasteiger partial charge in [0.1, 0.15) is 12.3 Å². The molecule has 1 aromatic heterocycles. The van der Waals surface area contributed by atoms with E-state index in [1.165, 1.54) is 25.9 Å². The van der Waals surface area contributed by atoms with Crippen LogP contribution >= 0.6 is 0 Å². The van der Waals surface area contributed by atoms with Crippen molar-refractivity contribution >= 4 is 5.96 Å². The topological polar surface area (TPSA) is 65.7 Å². The average molecular weight is 350 g/mol. The number of aromatic nitrogens is 1. The summed E-state index contributed by atoms with van der Waals surface area (Å²) >= 11 is 0. The lowest BCUT2D eigenvalue weighted by Gasteiger charge is -2.21. The van der Waals surface area contributed by atoms with Gasteiger partial charge in [-0.15, -0.1) is 0 Å². The minimum Gasteiger partial charge on any atom is -0.443 e. The average Bonchev–Trinajstić information content (AvgIpc) is 3.21. The first-order valence-corrected chi connectivity index (χ1v) is 9.58. The molecule has 0 amide bonds. The molecule has 6 nitrogen and oxygen atoms in total. The Morgan fingerprint density at radius 1 is 1.32 bits per heavy atom. The lowest BCUT2D eigenvalue weighted by molar-refractivity contribution is 0.287. The fraction of sp³-hybridized carbons (Fsp3) is 0.789. The first kappa shape index (κ1) is 19.8. The number of nitrogens with zero attached hydrogens (tertiary/aromatic N) is 3. The van der Waals surface area contributed by atoms with Crippen LogP contribution in [0.2, 0.25) is 0 Å². The molecule has 2 N–H and O–H groups in total. The van der Waals surface area contributed by atoms with Crippen LogP contribution < -0.4 is 10.6 Å². The molecule has 0 spiro atoms. The van der Waals surface area contributed by atoms with Crippen LogP contribution in [0.1, 0.15) is 59.1 Å². The maximum absolute atomic E-state index is 5.81. The summed E-state index contributed by atoms with van der Waals surface area (Å²) in [5.41, 5.74) is -0.0251. The number of hydrogen-bond acceptors (Lipinski definition) is 4. The summed E-state index contributed by atoms with van der Waals surface area (Å²) in [5, 5.41) is 6.74. The second-order valence-corrected chi connectivity index (χ2v) is 8.06. The molecule has 25 heavy (non-hydrogen) atoms. The van der Waals surface area contributed by atoms with Gasteiger partial charge < -0.3 is 20.0 Å². The molecule has 1 saturated heterocycles. The van der Waals surface area contributed by atoms with Gasteiger partial charge in [-0.05, 0) is 38.8 Å². The van der Waals surface area contributed by atoms with E-state index in [-0.39, 0.29) is 5.41 Å². The number of rotatable bonds is 7. The van der Waals surface area contributed by atoms with Crippen molar-refractivity contribution in [2.24, 2.45) is 10.9 Å². The minimum atomic E-state index is -0.0251. The lowest BCUT2D eigenvalue weighted by atomic mass is 9.94.